The van der Waals surface area contributed by atoms with Gasteiger partial charge >= 0.3 is 17.8 Å². The van der Waals surface area contributed by atoms with Crippen molar-refractivity contribution in [3.63, 3.8) is 0 Å². The molecule has 6 nitrogen and oxygen atoms in total. The van der Waals surface area contributed by atoms with Gasteiger partial charge in [0.05, 0.1) is 11.6 Å². The minimum atomic E-state index is -1.02. The number of carbonyl (C=O) groups excluding carboxylic acids is 4. The molecule has 0 spiro atoms. The number of benzene rings is 1. The van der Waals surface area contributed by atoms with E-state index in [0.717, 1.165) is 4.90 Å². The van der Waals surface area contributed by atoms with Crippen molar-refractivity contribution in [2.24, 2.45) is 0 Å². The molecule has 1 fully saturated rings. The number of urea groups is 1. The lowest BCUT2D eigenvalue weighted by Gasteiger charge is -2.18. The van der Waals surface area contributed by atoms with E-state index >= 15 is 0 Å². The minimum absolute atomic E-state index is 0.114. The van der Waals surface area contributed by atoms with Crippen molar-refractivity contribution in [1.29, 1.82) is 0 Å². The van der Waals surface area contributed by atoms with Gasteiger partial charge in [0.2, 0.25) is 0 Å². The summed E-state index contributed by atoms with van der Waals surface area (Å²) in [4.78, 5) is 49.3. The molecule has 0 N–H and O–H groups in total. The van der Waals surface area contributed by atoms with E-state index in [2.05, 4.69) is 0 Å². The zero-order valence-electron chi connectivity index (χ0n) is 11.8. The molecular formula is C14H12Cl2N2O4. The van der Waals surface area contributed by atoms with Gasteiger partial charge in [-0.15, -0.1) is 0 Å². The third-order valence-corrected chi connectivity index (χ3v) is 3.68. The summed E-state index contributed by atoms with van der Waals surface area (Å²) in [6.45, 7) is 2.66. The lowest BCUT2D eigenvalue weighted by molar-refractivity contribution is -0.143. The maximum Gasteiger partial charge on any atom is 0.334 e. The zero-order chi connectivity index (χ0) is 16.6. The molecule has 0 aliphatic carbocycles. The Morgan fingerprint density at radius 3 is 2.27 bits per heavy atom. The highest BCUT2D eigenvalue weighted by molar-refractivity contribution is 6.45. The van der Waals surface area contributed by atoms with Gasteiger partial charge in [-0.2, -0.15) is 0 Å². The normalized spacial score (nSPS) is 15.2. The van der Waals surface area contributed by atoms with Gasteiger partial charge < -0.3 is 0 Å². The second-order valence-electron chi connectivity index (χ2n) is 4.99. The van der Waals surface area contributed by atoms with Crippen molar-refractivity contribution in [2.75, 3.05) is 6.54 Å². The Hall–Kier alpha value is -1.92. The highest BCUT2D eigenvalue weighted by Crippen LogP contribution is 2.23. The number of rotatable bonds is 4. The number of carbonyl (C=O) groups is 4. The first-order chi connectivity index (χ1) is 10.2. The molecule has 1 saturated heterocycles. The van der Waals surface area contributed by atoms with Crippen LogP contribution in [0.25, 0.3) is 0 Å². The molecule has 0 radical (unpaired) electrons. The summed E-state index contributed by atoms with van der Waals surface area (Å²) in [5.41, 5.74) is 0.127. The number of amides is 4. The summed E-state index contributed by atoms with van der Waals surface area (Å²) in [5.74, 6) is -2.51. The topological polar surface area (TPSA) is 74.8 Å². The number of Topliss-reactive ketones (excluding diaryl/α,β-unsaturated/α-hetero) is 1. The molecule has 1 heterocycles. The molecule has 1 aromatic rings. The average Bonchev–Trinajstić information content (AvgIpc) is 2.62. The number of hydrogen-bond donors (Lipinski definition) is 0. The van der Waals surface area contributed by atoms with E-state index in [1.165, 1.54) is 18.2 Å². The molecule has 2 rings (SSSR count). The second kappa shape index (κ2) is 6.06. The van der Waals surface area contributed by atoms with Crippen molar-refractivity contribution >= 4 is 46.8 Å². The Morgan fingerprint density at radius 1 is 1.14 bits per heavy atom. The SMILES string of the molecule is CC(C)N1C(=O)C(=O)N(CC(=O)c2ccc(Cl)cc2Cl)C1=O. The van der Waals surface area contributed by atoms with Crippen molar-refractivity contribution in [1.82, 2.24) is 9.80 Å². The summed E-state index contributed by atoms with van der Waals surface area (Å²) < 4.78 is 0. The lowest BCUT2D eigenvalue weighted by atomic mass is 10.1. The molecule has 0 aromatic heterocycles. The first-order valence-electron chi connectivity index (χ1n) is 6.41. The van der Waals surface area contributed by atoms with Crippen LogP contribution >= 0.6 is 23.2 Å². The van der Waals surface area contributed by atoms with Crippen LogP contribution in [-0.2, 0) is 9.59 Å². The molecular weight excluding hydrogens is 331 g/mol. The van der Waals surface area contributed by atoms with E-state index in [9.17, 15) is 19.2 Å². The van der Waals surface area contributed by atoms with Crippen molar-refractivity contribution in [3.05, 3.63) is 33.8 Å². The summed E-state index contributed by atoms with van der Waals surface area (Å²) in [5, 5.41) is 0.472. The van der Waals surface area contributed by atoms with Crippen LogP contribution < -0.4 is 0 Å². The largest absolute Gasteiger partial charge is 0.334 e. The maximum absolute atomic E-state index is 12.2. The van der Waals surface area contributed by atoms with Gasteiger partial charge in [-0.1, -0.05) is 23.2 Å². The Bertz CT molecular complexity index is 687. The molecule has 22 heavy (non-hydrogen) atoms. The van der Waals surface area contributed by atoms with Crippen LogP contribution in [0.5, 0.6) is 0 Å². The van der Waals surface area contributed by atoms with Gasteiger partial charge in [-0.05, 0) is 32.0 Å². The Kier molecular flexibility index (Phi) is 4.53. The highest BCUT2D eigenvalue weighted by atomic mass is 35.5. The molecule has 4 amide bonds. The Balaban J connectivity index is 2.23. The van der Waals surface area contributed by atoms with Crippen LogP contribution in [0, 0.1) is 0 Å². The predicted octanol–water partition coefficient (Wildman–Crippen LogP) is 2.38. The monoisotopic (exact) mass is 342 g/mol. The van der Waals surface area contributed by atoms with Crippen LogP contribution in [0.1, 0.15) is 24.2 Å². The summed E-state index contributed by atoms with van der Waals surface area (Å²) in [7, 11) is 0. The first kappa shape index (κ1) is 16.5. The second-order valence-corrected chi connectivity index (χ2v) is 5.83. The fraction of sp³-hybridized carbons (Fsp3) is 0.286. The fourth-order valence-electron chi connectivity index (χ4n) is 2.06. The molecule has 1 aliphatic heterocycles. The van der Waals surface area contributed by atoms with Crippen LogP contribution in [0.15, 0.2) is 18.2 Å². The van der Waals surface area contributed by atoms with Crippen molar-refractivity contribution < 1.29 is 19.2 Å². The third kappa shape index (κ3) is 2.84. The van der Waals surface area contributed by atoms with Gasteiger partial charge in [-0.25, -0.2) is 9.69 Å². The van der Waals surface area contributed by atoms with Crippen molar-refractivity contribution in [2.45, 2.75) is 19.9 Å². The minimum Gasteiger partial charge on any atom is -0.292 e. The van der Waals surface area contributed by atoms with Crippen LogP contribution in [-0.4, -0.2) is 46.0 Å². The molecule has 1 aliphatic rings. The van der Waals surface area contributed by atoms with E-state index in [1.807, 2.05) is 0 Å². The molecule has 0 unspecified atom stereocenters. The zero-order valence-corrected chi connectivity index (χ0v) is 13.3. The highest BCUT2D eigenvalue weighted by Gasteiger charge is 2.46. The van der Waals surface area contributed by atoms with E-state index in [0.29, 0.717) is 9.92 Å². The number of hydrogen-bond acceptors (Lipinski definition) is 4. The van der Waals surface area contributed by atoms with E-state index in [-0.39, 0.29) is 10.6 Å². The summed E-state index contributed by atoms with van der Waals surface area (Å²) >= 11 is 11.7. The van der Waals surface area contributed by atoms with Crippen LogP contribution in [0.3, 0.4) is 0 Å². The average molecular weight is 343 g/mol. The van der Waals surface area contributed by atoms with Gasteiger partial charge in [0.25, 0.3) is 0 Å². The van der Waals surface area contributed by atoms with E-state index in [1.54, 1.807) is 13.8 Å². The van der Waals surface area contributed by atoms with Crippen LogP contribution in [0.4, 0.5) is 4.79 Å². The van der Waals surface area contributed by atoms with Crippen molar-refractivity contribution in [3.8, 4) is 0 Å². The lowest BCUT2D eigenvalue weighted by Crippen LogP contribution is -2.39. The summed E-state index contributed by atoms with van der Waals surface area (Å²) in [6, 6.07) is 2.99. The number of nitrogens with zero attached hydrogens (tertiary/aromatic N) is 2. The standard InChI is InChI=1S/C14H12Cl2N2O4/c1-7(2)18-13(21)12(20)17(14(18)22)6-11(19)9-4-3-8(15)5-10(9)16/h3-5,7H,6H2,1-2H3. The Morgan fingerprint density at radius 2 is 1.77 bits per heavy atom. The molecule has 1 aromatic carbocycles. The number of ketones is 1. The maximum atomic E-state index is 12.2. The fourth-order valence-corrected chi connectivity index (χ4v) is 2.58. The van der Waals surface area contributed by atoms with Gasteiger partial charge in [0, 0.05) is 16.6 Å². The number of imide groups is 2. The Labute approximate surface area is 136 Å². The molecule has 116 valence electrons. The molecule has 0 bridgehead atoms. The number of halogens is 2. The molecule has 0 atom stereocenters. The summed E-state index contributed by atoms with van der Waals surface area (Å²) in [6.07, 6.45) is 0. The van der Waals surface area contributed by atoms with E-state index in [4.69, 9.17) is 23.2 Å². The first-order valence-corrected chi connectivity index (χ1v) is 7.17. The predicted molar refractivity (Wildman–Crippen MR) is 79.9 cm³/mol. The van der Waals surface area contributed by atoms with Gasteiger partial charge in [0.1, 0.15) is 0 Å². The molecule has 0 saturated carbocycles. The van der Waals surface area contributed by atoms with Gasteiger partial charge in [-0.3, -0.25) is 19.3 Å². The van der Waals surface area contributed by atoms with Crippen LogP contribution in [0.2, 0.25) is 10.0 Å². The quantitative estimate of drug-likeness (QED) is 0.478. The van der Waals surface area contributed by atoms with E-state index < -0.39 is 36.2 Å². The van der Waals surface area contributed by atoms with Gasteiger partial charge in [0.15, 0.2) is 5.78 Å². The molecule has 8 heteroatoms. The smallest absolute Gasteiger partial charge is 0.292 e. The third-order valence-electron chi connectivity index (χ3n) is 3.13.